The molecule has 0 aliphatic carbocycles. The van der Waals surface area contributed by atoms with Crippen LogP contribution in [0.4, 0.5) is 4.39 Å². The number of aromatic carboxylic acids is 1. The largest absolute Gasteiger partial charge is 0.478 e. The van der Waals surface area contributed by atoms with Crippen molar-refractivity contribution in [2.24, 2.45) is 0 Å². The Labute approximate surface area is 118 Å². The highest BCUT2D eigenvalue weighted by Crippen LogP contribution is 2.32. The van der Waals surface area contributed by atoms with Crippen LogP contribution in [0.2, 0.25) is 10.0 Å². The summed E-state index contributed by atoms with van der Waals surface area (Å²) in [5, 5.41) is 9.48. The van der Waals surface area contributed by atoms with Crippen LogP contribution in [0.5, 0.6) is 11.5 Å². The molecule has 1 N–H and O–H groups in total. The Hall–Kier alpha value is -1.78. The maximum atomic E-state index is 13.1. The van der Waals surface area contributed by atoms with Gasteiger partial charge >= 0.3 is 5.97 Å². The Kier molecular flexibility index (Phi) is 3.93. The molecule has 6 heteroatoms. The first kappa shape index (κ1) is 13.6. The van der Waals surface area contributed by atoms with Crippen LogP contribution in [0, 0.1) is 5.82 Å². The second-order valence-corrected chi connectivity index (χ2v) is 4.47. The van der Waals surface area contributed by atoms with Gasteiger partial charge in [0.1, 0.15) is 22.9 Å². The van der Waals surface area contributed by atoms with E-state index in [2.05, 4.69) is 0 Å². The topological polar surface area (TPSA) is 46.5 Å². The summed E-state index contributed by atoms with van der Waals surface area (Å²) in [6, 6.07) is 7.66. The van der Waals surface area contributed by atoms with E-state index in [9.17, 15) is 9.18 Å². The summed E-state index contributed by atoms with van der Waals surface area (Å²) in [5.74, 6) is -1.67. The van der Waals surface area contributed by atoms with Crippen LogP contribution in [0.1, 0.15) is 10.4 Å². The van der Waals surface area contributed by atoms with Crippen molar-refractivity contribution < 1.29 is 19.0 Å². The SMILES string of the molecule is O=C(O)c1cc(Cl)ccc1Oc1cc(F)ccc1Cl. The zero-order valence-corrected chi connectivity index (χ0v) is 10.9. The van der Waals surface area contributed by atoms with Gasteiger partial charge in [0.15, 0.2) is 0 Å². The number of rotatable bonds is 3. The van der Waals surface area contributed by atoms with E-state index in [0.717, 1.165) is 6.07 Å². The van der Waals surface area contributed by atoms with Crippen molar-refractivity contribution in [2.75, 3.05) is 0 Å². The Morgan fingerprint density at radius 2 is 1.84 bits per heavy atom. The van der Waals surface area contributed by atoms with Crippen molar-refractivity contribution in [3.8, 4) is 11.5 Å². The maximum Gasteiger partial charge on any atom is 0.339 e. The molecule has 0 aliphatic heterocycles. The normalized spacial score (nSPS) is 10.3. The number of hydrogen-bond acceptors (Lipinski definition) is 2. The van der Waals surface area contributed by atoms with Gasteiger partial charge in [0.2, 0.25) is 0 Å². The van der Waals surface area contributed by atoms with Crippen LogP contribution < -0.4 is 4.74 Å². The number of halogens is 3. The molecule has 2 aromatic carbocycles. The summed E-state index contributed by atoms with van der Waals surface area (Å²) in [6.45, 7) is 0. The molecular weight excluding hydrogens is 294 g/mol. The molecule has 0 unspecified atom stereocenters. The van der Waals surface area contributed by atoms with E-state index in [4.69, 9.17) is 33.0 Å². The Morgan fingerprint density at radius 1 is 1.11 bits per heavy atom. The molecule has 0 saturated heterocycles. The minimum absolute atomic E-state index is 0.0319. The first-order chi connectivity index (χ1) is 8.97. The molecular formula is C13H7Cl2FO3. The van der Waals surface area contributed by atoms with Gasteiger partial charge in [-0.1, -0.05) is 23.2 Å². The fourth-order valence-electron chi connectivity index (χ4n) is 1.43. The smallest absolute Gasteiger partial charge is 0.339 e. The molecule has 0 heterocycles. The van der Waals surface area contributed by atoms with Gasteiger partial charge in [0.25, 0.3) is 0 Å². The quantitative estimate of drug-likeness (QED) is 0.899. The molecule has 2 rings (SSSR count). The number of carboxylic acids is 1. The molecule has 19 heavy (non-hydrogen) atoms. The van der Waals surface area contributed by atoms with E-state index in [1.54, 1.807) is 0 Å². The molecule has 0 spiro atoms. The first-order valence-corrected chi connectivity index (χ1v) is 5.88. The van der Waals surface area contributed by atoms with Crippen LogP contribution in [0.3, 0.4) is 0 Å². The predicted octanol–water partition coefficient (Wildman–Crippen LogP) is 4.62. The van der Waals surface area contributed by atoms with Crippen LogP contribution in [0.25, 0.3) is 0 Å². The van der Waals surface area contributed by atoms with Crippen molar-refractivity contribution >= 4 is 29.2 Å². The number of carboxylic acid groups (broad SMARTS) is 1. The van der Waals surface area contributed by atoms with E-state index in [0.29, 0.717) is 0 Å². The molecule has 0 aromatic heterocycles. The van der Waals surface area contributed by atoms with Crippen LogP contribution in [0.15, 0.2) is 36.4 Å². The summed E-state index contributed by atoms with van der Waals surface area (Å²) >= 11 is 11.6. The lowest BCUT2D eigenvalue weighted by molar-refractivity contribution is 0.0694. The van der Waals surface area contributed by atoms with Crippen molar-refractivity contribution in [3.05, 3.63) is 57.8 Å². The Morgan fingerprint density at radius 3 is 2.53 bits per heavy atom. The third-order valence-corrected chi connectivity index (χ3v) is 2.83. The Balaban J connectivity index is 2.43. The molecule has 2 aromatic rings. The average molecular weight is 301 g/mol. The third kappa shape index (κ3) is 3.16. The number of benzene rings is 2. The zero-order chi connectivity index (χ0) is 14.0. The van der Waals surface area contributed by atoms with Gasteiger partial charge in [-0.05, 0) is 30.3 Å². The van der Waals surface area contributed by atoms with Crippen LogP contribution in [-0.2, 0) is 0 Å². The van der Waals surface area contributed by atoms with Gasteiger partial charge in [-0.2, -0.15) is 0 Å². The lowest BCUT2D eigenvalue weighted by Gasteiger charge is -2.10. The Bertz CT molecular complexity index is 644. The number of ether oxygens (including phenoxy) is 1. The highest BCUT2D eigenvalue weighted by molar-refractivity contribution is 6.32. The lowest BCUT2D eigenvalue weighted by Crippen LogP contribution is -2.00. The van der Waals surface area contributed by atoms with Crippen LogP contribution in [-0.4, -0.2) is 11.1 Å². The van der Waals surface area contributed by atoms with Gasteiger partial charge in [0, 0.05) is 11.1 Å². The van der Waals surface area contributed by atoms with Gasteiger partial charge < -0.3 is 9.84 Å². The molecule has 3 nitrogen and oxygen atoms in total. The average Bonchev–Trinajstić information content (AvgIpc) is 2.35. The molecule has 0 radical (unpaired) electrons. The standard InChI is InChI=1S/C13H7Cl2FO3/c14-7-1-4-11(9(5-7)13(17)18)19-12-6-8(16)2-3-10(12)15/h1-6H,(H,17,18). The fraction of sp³-hybridized carbons (Fsp3) is 0. The lowest BCUT2D eigenvalue weighted by atomic mass is 10.2. The first-order valence-electron chi connectivity index (χ1n) is 5.13. The van der Waals surface area contributed by atoms with E-state index in [1.165, 1.54) is 30.3 Å². The van der Waals surface area contributed by atoms with Crippen LogP contribution >= 0.6 is 23.2 Å². The molecule has 0 aliphatic rings. The molecule has 98 valence electrons. The molecule has 0 bridgehead atoms. The minimum atomic E-state index is -1.20. The summed E-state index contributed by atoms with van der Waals surface area (Å²) in [7, 11) is 0. The molecule has 0 amide bonds. The van der Waals surface area contributed by atoms with Gasteiger partial charge in [-0.15, -0.1) is 0 Å². The summed E-state index contributed by atoms with van der Waals surface area (Å²) in [5.41, 5.74) is -0.132. The van der Waals surface area contributed by atoms with E-state index in [-0.39, 0.29) is 27.1 Å². The minimum Gasteiger partial charge on any atom is -0.478 e. The summed E-state index contributed by atoms with van der Waals surface area (Å²) in [6.07, 6.45) is 0. The van der Waals surface area contributed by atoms with Crippen molar-refractivity contribution in [1.82, 2.24) is 0 Å². The number of carbonyl (C=O) groups is 1. The second-order valence-electron chi connectivity index (χ2n) is 3.62. The number of hydrogen-bond donors (Lipinski definition) is 1. The molecule has 0 saturated carbocycles. The monoisotopic (exact) mass is 300 g/mol. The van der Waals surface area contributed by atoms with Gasteiger partial charge in [-0.25, -0.2) is 9.18 Å². The highest BCUT2D eigenvalue weighted by Gasteiger charge is 2.14. The van der Waals surface area contributed by atoms with Crippen molar-refractivity contribution in [1.29, 1.82) is 0 Å². The van der Waals surface area contributed by atoms with E-state index < -0.39 is 11.8 Å². The summed E-state index contributed by atoms with van der Waals surface area (Å²) in [4.78, 5) is 11.1. The van der Waals surface area contributed by atoms with Crippen molar-refractivity contribution in [3.63, 3.8) is 0 Å². The van der Waals surface area contributed by atoms with E-state index in [1.807, 2.05) is 0 Å². The van der Waals surface area contributed by atoms with Crippen molar-refractivity contribution in [2.45, 2.75) is 0 Å². The zero-order valence-electron chi connectivity index (χ0n) is 9.36. The third-order valence-electron chi connectivity index (χ3n) is 2.29. The maximum absolute atomic E-state index is 13.1. The summed E-state index contributed by atoms with van der Waals surface area (Å²) < 4.78 is 18.4. The predicted molar refractivity (Wildman–Crippen MR) is 69.9 cm³/mol. The molecule has 0 atom stereocenters. The molecule has 0 fully saturated rings. The highest BCUT2D eigenvalue weighted by atomic mass is 35.5. The van der Waals surface area contributed by atoms with Gasteiger partial charge in [0.05, 0.1) is 5.02 Å². The van der Waals surface area contributed by atoms with E-state index >= 15 is 0 Å². The fourth-order valence-corrected chi connectivity index (χ4v) is 1.76. The second kappa shape index (κ2) is 5.47. The van der Waals surface area contributed by atoms with Gasteiger partial charge in [-0.3, -0.25) is 0 Å².